The zero-order valence-electron chi connectivity index (χ0n) is 31.4. The largest absolute Gasteiger partial charge is 0.453 e. The predicted octanol–water partition coefficient (Wildman–Crippen LogP) is 8.57. The molecule has 0 aromatic heterocycles. The lowest BCUT2D eigenvalue weighted by Crippen LogP contribution is -2.50. The summed E-state index contributed by atoms with van der Waals surface area (Å²) in [5.74, 6) is -4.09. The van der Waals surface area contributed by atoms with Crippen molar-refractivity contribution in [3.8, 4) is 0 Å². The number of hydrogen-bond acceptors (Lipinski definition) is 6. The molecule has 0 spiro atoms. The molecule has 276 valence electrons. The van der Waals surface area contributed by atoms with Gasteiger partial charge in [-0.1, -0.05) is 54.4 Å². The van der Waals surface area contributed by atoms with Gasteiger partial charge in [0.25, 0.3) is 0 Å². The molecule has 2 radical (unpaired) electrons. The highest BCUT2D eigenvalue weighted by atomic mass is 127. The molecule has 0 aromatic carbocycles. The fourth-order valence-corrected chi connectivity index (χ4v) is 5.02. The van der Waals surface area contributed by atoms with Crippen LogP contribution < -0.4 is 10.6 Å². The van der Waals surface area contributed by atoms with Crippen LogP contribution in [0.2, 0.25) is 0 Å². The number of carbonyl (C=O) groups is 2. The van der Waals surface area contributed by atoms with Gasteiger partial charge in [-0.05, 0) is 88.4 Å². The van der Waals surface area contributed by atoms with E-state index in [-0.39, 0.29) is 35.5 Å². The molecule has 0 aliphatic heterocycles. The van der Waals surface area contributed by atoms with Crippen molar-refractivity contribution in [3.05, 3.63) is 0 Å². The lowest BCUT2D eigenvalue weighted by Gasteiger charge is -2.46. The molecule has 16 heteroatoms. The Morgan fingerprint density at radius 3 is 2.04 bits per heavy atom. The molecule has 1 saturated carbocycles. The second-order valence-corrected chi connectivity index (χ2v) is 21.3. The summed E-state index contributed by atoms with van der Waals surface area (Å²) in [5.41, 5.74) is -0.288. The van der Waals surface area contributed by atoms with Crippen molar-refractivity contribution in [1.82, 2.24) is 10.6 Å². The Hall–Kier alpha value is 0.295. The van der Waals surface area contributed by atoms with Gasteiger partial charge in [-0.15, -0.1) is 0 Å². The molecule has 0 bridgehead atoms. The van der Waals surface area contributed by atoms with Crippen LogP contribution in [0.1, 0.15) is 93.4 Å². The number of ether oxygens (including phenoxy) is 4. The van der Waals surface area contributed by atoms with E-state index in [1.807, 2.05) is 6.92 Å². The van der Waals surface area contributed by atoms with Crippen molar-refractivity contribution >= 4 is 68.3 Å². The van der Waals surface area contributed by atoms with Crippen LogP contribution in [0.5, 0.6) is 0 Å². The maximum absolute atomic E-state index is 12.5. The van der Waals surface area contributed by atoms with Crippen LogP contribution in [0.4, 0.5) is 22.4 Å². The number of amides is 2. The highest BCUT2D eigenvalue weighted by molar-refractivity contribution is 14.3. The number of unbranched alkanes of at least 4 members (excludes halogenated alkanes) is 2. The van der Waals surface area contributed by atoms with Crippen LogP contribution in [-0.2, 0) is 23.7 Å². The van der Waals surface area contributed by atoms with E-state index in [0.717, 1.165) is 25.9 Å². The van der Waals surface area contributed by atoms with Crippen molar-refractivity contribution < 1.29 is 46.1 Å². The molecule has 0 heterocycles. The summed E-state index contributed by atoms with van der Waals surface area (Å²) in [5, 5.41) is 5.79. The third-order valence-electron chi connectivity index (χ3n) is 7.08. The average molecular weight is 918 g/mol. The topological polar surface area (TPSA) is 95.1 Å². The Labute approximate surface area is 308 Å². The minimum absolute atomic E-state index is 0.000885. The number of halogens is 6. The standard InChI is InChI=1S/C14H26N2O3.C10H18F4O2.C6H14O.BH.HI2P/c1-10(17)15-9-14(4)7-11(16-12(18)19-5)6-13(2,3)8-14;1-4-9(2,5-15-3)6-16-7-10(13,14)8(11)12;1-3-4-5-6-7-2;;1-3-2/h11H,6-9H2,1-5H3,(H,15,17)(H,16,18);8H,4-7H2,1-3H3;3-6H2,1-2H3;1H;3H/i;;;1D;3D. The molecular weight excluding hydrogens is 856 g/mol. The summed E-state index contributed by atoms with van der Waals surface area (Å²) >= 11 is 4.12. The third-order valence-corrected chi connectivity index (χ3v) is 7.08. The van der Waals surface area contributed by atoms with E-state index in [4.69, 9.17) is 12.1 Å². The van der Waals surface area contributed by atoms with Crippen LogP contribution in [-0.4, -0.2) is 95.7 Å². The lowest BCUT2D eigenvalue weighted by atomic mass is 9.62. The van der Waals surface area contributed by atoms with Crippen molar-refractivity contribution in [1.29, 1.82) is 2.61 Å². The van der Waals surface area contributed by atoms with Gasteiger partial charge in [0.15, 0.2) is 0 Å². The van der Waals surface area contributed by atoms with Gasteiger partial charge in [0.2, 0.25) is 5.91 Å². The highest BCUT2D eigenvalue weighted by Crippen LogP contribution is 2.45. The van der Waals surface area contributed by atoms with Crippen molar-refractivity contribution in [2.75, 3.05) is 54.3 Å². The Morgan fingerprint density at radius 1 is 1.07 bits per heavy atom. The monoisotopic (exact) mass is 918 g/mol. The number of rotatable bonds is 15. The Balaban J connectivity index is -0.000000299. The zero-order chi connectivity index (χ0) is 38.6. The van der Waals surface area contributed by atoms with E-state index < -0.39 is 28.2 Å². The summed E-state index contributed by atoms with van der Waals surface area (Å²) in [6.45, 7) is 14.5. The molecule has 1 aliphatic carbocycles. The van der Waals surface area contributed by atoms with Gasteiger partial charge in [0, 0.05) is 57.9 Å². The number of hydrogen-bond donors (Lipinski definition) is 2. The first kappa shape index (κ1) is 48.4. The maximum Gasteiger partial charge on any atom is 0.407 e. The fraction of sp³-hybridized carbons (Fsp3) is 0.933. The van der Waals surface area contributed by atoms with Crippen LogP contribution in [0.3, 0.4) is 0 Å². The number of nitrogens with one attached hydrogen (secondary N) is 2. The van der Waals surface area contributed by atoms with E-state index in [2.05, 4.69) is 100 Å². The predicted molar refractivity (Wildman–Crippen MR) is 201 cm³/mol. The number of alkyl carbamates (subject to hydrolysis) is 1. The molecule has 2 amide bonds. The first-order chi connectivity index (χ1) is 22.1. The second-order valence-electron chi connectivity index (χ2n) is 12.7. The smallest absolute Gasteiger partial charge is 0.407 e. The molecular formula is C30H60BF4I2N2O6P. The summed E-state index contributed by atoms with van der Waals surface area (Å²) in [6, 6.07) is 0.0926. The average Bonchev–Trinajstić information content (AvgIpc) is 2.97. The summed E-state index contributed by atoms with van der Waals surface area (Å²) in [7, 11) is 8.36. The minimum Gasteiger partial charge on any atom is -0.453 e. The van der Waals surface area contributed by atoms with Crippen molar-refractivity contribution in [2.24, 2.45) is 16.2 Å². The quantitative estimate of drug-likeness (QED) is 0.0563. The SMILES string of the molecule is CCC(C)(COC)COCC(F)(F)C(F)F.CCCCCOC.COC(=O)NC1CC(C)(C)CC(C)(CNC(C)=O)C1.[2H]P(I)I.[2H][B]. The molecule has 3 atom stereocenters. The molecule has 1 rings (SSSR count). The molecule has 1 fully saturated rings. The normalized spacial score (nSPS) is 20.3. The summed E-state index contributed by atoms with van der Waals surface area (Å²) in [4.78, 5) is 22.5. The third kappa shape index (κ3) is 29.2. The van der Waals surface area contributed by atoms with Crippen molar-refractivity contribution in [2.45, 2.75) is 112 Å². The van der Waals surface area contributed by atoms with Crippen LogP contribution >= 0.6 is 47.9 Å². The highest BCUT2D eigenvalue weighted by Gasteiger charge is 2.42. The molecule has 0 aromatic rings. The molecule has 46 heavy (non-hydrogen) atoms. The van der Waals surface area contributed by atoms with E-state index in [0.29, 0.717) is 19.6 Å². The Bertz CT molecular complexity index is 818. The van der Waals surface area contributed by atoms with Crippen LogP contribution in [0.25, 0.3) is 0 Å². The number of alkyl halides is 4. The van der Waals surface area contributed by atoms with E-state index >= 15 is 0 Å². The van der Waals surface area contributed by atoms with Crippen molar-refractivity contribution in [3.63, 3.8) is 0 Å². The zero-order valence-corrected chi connectivity index (χ0v) is 34.6. The second kappa shape index (κ2) is 29.1. The molecule has 2 N–H and O–H groups in total. The summed E-state index contributed by atoms with van der Waals surface area (Å²) in [6.07, 6.45) is 3.18. The maximum atomic E-state index is 12.5. The van der Waals surface area contributed by atoms with E-state index in [1.165, 1.54) is 40.4 Å². The summed E-state index contributed by atoms with van der Waals surface area (Å²) < 4.78 is 79.1. The van der Waals surface area contributed by atoms with Gasteiger partial charge in [0.05, 0.1) is 21.6 Å². The van der Waals surface area contributed by atoms with Gasteiger partial charge in [-0.25, -0.2) is 13.6 Å². The first-order valence-corrected chi connectivity index (χ1v) is 21.5. The molecule has 1 aliphatic rings. The van der Waals surface area contributed by atoms with Gasteiger partial charge in [0.1, 0.15) is 6.61 Å². The van der Waals surface area contributed by atoms with Gasteiger partial charge < -0.3 is 29.6 Å². The van der Waals surface area contributed by atoms with Crippen LogP contribution in [0.15, 0.2) is 0 Å². The van der Waals surface area contributed by atoms with Gasteiger partial charge in [-0.2, -0.15) is 8.78 Å². The molecule has 3 unspecified atom stereocenters. The number of methoxy groups -OCH3 is 3. The number of carbonyl (C=O) groups excluding carboxylic acids is 2. The Kier molecular flexibility index (Phi) is 30.6. The first-order valence-electron chi connectivity index (χ1n) is 16.0. The molecule has 0 saturated heterocycles. The van der Waals surface area contributed by atoms with Crippen LogP contribution in [0, 0.1) is 16.2 Å². The fourth-order valence-electron chi connectivity index (χ4n) is 5.02. The van der Waals surface area contributed by atoms with Gasteiger partial charge in [-0.3, -0.25) is 4.79 Å². The molecule has 8 nitrogen and oxygen atoms in total. The van der Waals surface area contributed by atoms with E-state index in [9.17, 15) is 27.2 Å². The van der Waals surface area contributed by atoms with Gasteiger partial charge >= 0.3 is 18.4 Å². The Morgan fingerprint density at radius 2 is 1.63 bits per heavy atom. The lowest BCUT2D eigenvalue weighted by molar-refractivity contribution is -0.173. The van der Waals surface area contributed by atoms with E-state index in [1.54, 1.807) is 14.0 Å². The minimum atomic E-state index is -4.08.